The number of rotatable bonds is 4. The highest BCUT2D eigenvalue weighted by Crippen LogP contribution is 2.31. The summed E-state index contributed by atoms with van der Waals surface area (Å²) in [5.41, 5.74) is 2.56. The molecule has 2 aromatic rings. The molecule has 1 nitrogen and oxygen atoms in total. The molecule has 0 aromatic heterocycles. The molecule has 0 bridgehead atoms. The van der Waals surface area contributed by atoms with Crippen LogP contribution in [0.1, 0.15) is 12.5 Å². The van der Waals surface area contributed by atoms with Gasteiger partial charge < -0.3 is 5.32 Å². The molecule has 0 atom stereocenters. The number of halogens is 3. The van der Waals surface area contributed by atoms with Gasteiger partial charge in [-0.1, -0.05) is 42.3 Å². The van der Waals surface area contributed by atoms with Gasteiger partial charge in [-0.3, -0.25) is 0 Å². The molecule has 0 heterocycles. The van der Waals surface area contributed by atoms with Crippen LogP contribution in [-0.4, -0.2) is 6.54 Å². The number of hydrogen-bond donors (Lipinski definition) is 1. The van der Waals surface area contributed by atoms with E-state index in [0.29, 0.717) is 15.6 Å². The molecule has 0 amide bonds. The molecule has 0 saturated heterocycles. The molecule has 2 rings (SSSR count). The summed E-state index contributed by atoms with van der Waals surface area (Å²) in [4.78, 5) is 0. The lowest BCUT2D eigenvalue weighted by Gasteiger charge is -2.08. The summed E-state index contributed by atoms with van der Waals surface area (Å²) >= 11 is 12.1. The van der Waals surface area contributed by atoms with Crippen LogP contribution in [0.3, 0.4) is 0 Å². The van der Waals surface area contributed by atoms with Gasteiger partial charge in [0.15, 0.2) is 0 Å². The van der Waals surface area contributed by atoms with E-state index in [1.54, 1.807) is 6.07 Å². The van der Waals surface area contributed by atoms with Gasteiger partial charge in [0.25, 0.3) is 0 Å². The van der Waals surface area contributed by atoms with Crippen molar-refractivity contribution < 1.29 is 4.39 Å². The molecule has 0 radical (unpaired) electrons. The molecular formula is C15H14Cl2FN. The van der Waals surface area contributed by atoms with E-state index in [0.717, 1.165) is 24.2 Å². The molecule has 100 valence electrons. The second-order valence-corrected chi connectivity index (χ2v) is 5.10. The molecular weight excluding hydrogens is 284 g/mol. The van der Waals surface area contributed by atoms with Crippen LogP contribution >= 0.6 is 23.2 Å². The number of hydrogen-bond acceptors (Lipinski definition) is 1. The normalized spacial score (nSPS) is 10.7. The van der Waals surface area contributed by atoms with Crippen molar-refractivity contribution in [2.24, 2.45) is 0 Å². The lowest BCUT2D eigenvalue weighted by atomic mass is 10.0. The summed E-state index contributed by atoms with van der Waals surface area (Å²) < 4.78 is 13.4. The van der Waals surface area contributed by atoms with Crippen LogP contribution in [0.2, 0.25) is 10.0 Å². The van der Waals surface area contributed by atoms with Gasteiger partial charge in [-0.25, -0.2) is 4.39 Å². The second-order valence-electron chi connectivity index (χ2n) is 4.25. The van der Waals surface area contributed by atoms with E-state index >= 15 is 0 Å². The van der Waals surface area contributed by atoms with Gasteiger partial charge in [-0.2, -0.15) is 0 Å². The average Bonchev–Trinajstić information content (AvgIpc) is 2.35. The van der Waals surface area contributed by atoms with Crippen molar-refractivity contribution in [3.63, 3.8) is 0 Å². The van der Waals surface area contributed by atoms with E-state index in [1.165, 1.54) is 12.1 Å². The average molecular weight is 298 g/mol. The molecule has 0 aliphatic rings. The van der Waals surface area contributed by atoms with E-state index in [9.17, 15) is 4.39 Å². The van der Waals surface area contributed by atoms with Crippen molar-refractivity contribution in [1.29, 1.82) is 0 Å². The minimum Gasteiger partial charge on any atom is -0.313 e. The Morgan fingerprint density at radius 3 is 2.53 bits per heavy atom. The third-order valence-corrected chi connectivity index (χ3v) is 3.32. The summed E-state index contributed by atoms with van der Waals surface area (Å²) in [6.45, 7) is 3.71. The maximum Gasteiger partial charge on any atom is 0.125 e. The highest BCUT2D eigenvalue weighted by Gasteiger charge is 2.07. The van der Waals surface area contributed by atoms with E-state index in [1.807, 2.05) is 25.1 Å². The molecule has 4 heteroatoms. The van der Waals surface area contributed by atoms with Crippen molar-refractivity contribution in [1.82, 2.24) is 5.32 Å². The van der Waals surface area contributed by atoms with Crippen LogP contribution in [0.15, 0.2) is 36.4 Å². The molecule has 0 aliphatic carbocycles. The smallest absolute Gasteiger partial charge is 0.125 e. The minimum atomic E-state index is -0.365. The second kappa shape index (κ2) is 6.38. The van der Waals surface area contributed by atoms with Gasteiger partial charge in [-0.15, -0.1) is 0 Å². The first-order valence-corrected chi connectivity index (χ1v) is 6.81. The van der Waals surface area contributed by atoms with Gasteiger partial charge in [0, 0.05) is 22.2 Å². The summed E-state index contributed by atoms with van der Waals surface area (Å²) in [5, 5.41) is 4.19. The molecule has 0 aliphatic heterocycles. The minimum absolute atomic E-state index is 0.364. The molecule has 0 spiro atoms. The topological polar surface area (TPSA) is 12.0 Å². The van der Waals surface area contributed by atoms with Gasteiger partial charge in [-0.05, 0) is 41.9 Å². The molecule has 19 heavy (non-hydrogen) atoms. The Labute approximate surface area is 122 Å². The van der Waals surface area contributed by atoms with Crippen molar-refractivity contribution in [2.45, 2.75) is 13.5 Å². The van der Waals surface area contributed by atoms with Crippen LogP contribution in [0.25, 0.3) is 11.1 Å². The van der Waals surface area contributed by atoms with E-state index in [-0.39, 0.29) is 5.82 Å². The third-order valence-electron chi connectivity index (χ3n) is 2.79. The van der Waals surface area contributed by atoms with E-state index in [2.05, 4.69) is 5.32 Å². The van der Waals surface area contributed by atoms with E-state index in [4.69, 9.17) is 23.2 Å². The molecule has 2 aromatic carbocycles. The van der Waals surface area contributed by atoms with Gasteiger partial charge in [0.1, 0.15) is 5.82 Å². The first kappa shape index (κ1) is 14.3. The van der Waals surface area contributed by atoms with E-state index < -0.39 is 0 Å². The predicted octanol–water partition coefficient (Wildman–Crippen LogP) is 4.91. The predicted molar refractivity (Wildman–Crippen MR) is 79.2 cm³/mol. The van der Waals surface area contributed by atoms with Gasteiger partial charge in [0.2, 0.25) is 0 Å². The fourth-order valence-electron chi connectivity index (χ4n) is 1.88. The largest absolute Gasteiger partial charge is 0.313 e. The lowest BCUT2D eigenvalue weighted by molar-refractivity contribution is 0.628. The SMILES string of the molecule is CCNCc1ccc(-c2cc(F)cc(Cl)c2)c(Cl)c1. The highest BCUT2D eigenvalue weighted by molar-refractivity contribution is 6.34. The van der Waals surface area contributed by atoms with Crippen LogP contribution in [0.5, 0.6) is 0 Å². The fourth-order valence-corrected chi connectivity index (χ4v) is 2.42. The van der Waals surface area contributed by atoms with Crippen molar-refractivity contribution in [2.75, 3.05) is 6.54 Å². The first-order chi connectivity index (χ1) is 9.10. The number of benzene rings is 2. The summed E-state index contributed by atoms with van der Waals surface area (Å²) in [6, 6.07) is 10.2. The van der Waals surface area contributed by atoms with Gasteiger partial charge >= 0.3 is 0 Å². The van der Waals surface area contributed by atoms with Crippen molar-refractivity contribution >= 4 is 23.2 Å². The summed E-state index contributed by atoms with van der Waals surface area (Å²) in [6.07, 6.45) is 0. The Morgan fingerprint density at radius 1 is 1.11 bits per heavy atom. The third kappa shape index (κ3) is 3.69. The fraction of sp³-hybridized carbons (Fsp3) is 0.200. The summed E-state index contributed by atoms with van der Waals surface area (Å²) in [5.74, 6) is -0.365. The summed E-state index contributed by atoms with van der Waals surface area (Å²) in [7, 11) is 0. The van der Waals surface area contributed by atoms with Crippen LogP contribution in [0.4, 0.5) is 4.39 Å². The monoisotopic (exact) mass is 297 g/mol. The Balaban J connectivity index is 2.34. The quantitative estimate of drug-likeness (QED) is 0.845. The zero-order valence-corrected chi connectivity index (χ0v) is 12.0. The van der Waals surface area contributed by atoms with Gasteiger partial charge in [0.05, 0.1) is 0 Å². The van der Waals surface area contributed by atoms with Crippen molar-refractivity contribution in [3.8, 4) is 11.1 Å². The molecule has 1 N–H and O–H groups in total. The Morgan fingerprint density at radius 2 is 1.89 bits per heavy atom. The zero-order valence-electron chi connectivity index (χ0n) is 10.5. The number of nitrogens with one attached hydrogen (secondary N) is 1. The van der Waals surface area contributed by atoms with Crippen molar-refractivity contribution in [3.05, 3.63) is 57.8 Å². The maximum atomic E-state index is 13.4. The molecule has 0 fully saturated rings. The first-order valence-electron chi connectivity index (χ1n) is 6.05. The Hall–Kier alpha value is -1.09. The van der Waals surface area contributed by atoms with Crippen LogP contribution in [-0.2, 0) is 6.54 Å². The Bertz CT molecular complexity index is 564. The zero-order chi connectivity index (χ0) is 13.8. The molecule has 0 unspecified atom stereocenters. The highest BCUT2D eigenvalue weighted by atomic mass is 35.5. The maximum absolute atomic E-state index is 13.4. The van der Waals surface area contributed by atoms with Crippen LogP contribution < -0.4 is 5.32 Å². The Kier molecular flexibility index (Phi) is 4.81. The standard InChI is InChI=1S/C15H14Cl2FN/c1-2-19-9-10-3-4-14(15(17)5-10)11-6-12(16)8-13(18)7-11/h3-8,19H,2,9H2,1H3. The lowest BCUT2D eigenvalue weighted by Crippen LogP contribution is -2.11. The van der Waals surface area contributed by atoms with Crippen LogP contribution in [0, 0.1) is 5.82 Å². The molecule has 0 saturated carbocycles.